The number of nitrogen functional groups attached to an aromatic ring is 1. The molecule has 1 saturated heterocycles. The minimum absolute atomic E-state index is 0.0451. The lowest BCUT2D eigenvalue weighted by atomic mass is 10.2. The fourth-order valence-electron chi connectivity index (χ4n) is 2.68. The predicted octanol–water partition coefficient (Wildman–Crippen LogP) is -0.589. The summed E-state index contributed by atoms with van der Waals surface area (Å²) >= 11 is 0. The van der Waals surface area contributed by atoms with Crippen LogP contribution < -0.4 is 21.9 Å². The van der Waals surface area contributed by atoms with Crippen molar-refractivity contribution in [2.45, 2.75) is 0 Å². The summed E-state index contributed by atoms with van der Waals surface area (Å²) in [7, 11) is 0. The maximum absolute atomic E-state index is 12.1. The van der Waals surface area contributed by atoms with E-state index in [1.54, 1.807) is 0 Å². The van der Waals surface area contributed by atoms with Gasteiger partial charge in [0.15, 0.2) is 5.69 Å². The third-order valence-electron chi connectivity index (χ3n) is 3.76. The van der Waals surface area contributed by atoms with Crippen LogP contribution in [-0.2, 0) is 4.74 Å². The highest BCUT2D eigenvalue weighted by Crippen LogP contribution is 2.28. The van der Waals surface area contributed by atoms with Crippen LogP contribution in [0.3, 0.4) is 0 Å². The first-order chi connectivity index (χ1) is 11.6. The van der Waals surface area contributed by atoms with Gasteiger partial charge in [-0.3, -0.25) is 15.0 Å². The lowest BCUT2D eigenvalue weighted by molar-refractivity contribution is 0.0932. The molecule has 1 aromatic carbocycles. The van der Waals surface area contributed by atoms with Gasteiger partial charge in [-0.2, -0.15) is 5.10 Å². The molecule has 0 atom stereocenters. The smallest absolute Gasteiger partial charge is 0.286 e. The number of hydrogen-bond donors (Lipinski definition) is 3. The molecule has 0 radical (unpaired) electrons. The maximum Gasteiger partial charge on any atom is 0.286 e. The summed E-state index contributed by atoms with van der Waals surface area (Å²) in [5, 5.41) is 4.29. The van der Waals surface area contributed by atoms with Gasteiger partial charge in [0.05, 0.1) is 18.9 Å². The molecule has 2 aromatic rings. The number of benzene rings is 1. The molecule has 1 aromatic heterocycles. The predicted molar refractivity (Wildman–Crippen MR) is 86.8 cm³/mol. The Bertz CT molecular complexity index is 752. The number of carbonyl (C=O) groups is 2. The second-order valence-corrected chi connectivity index (χ2v) is 5.23. The number of anilines is 1. The number of nitrogens with zero attached hydrogens (tertiary/aromatic N) is 3. The van der Waals surface area contributed by atoms with E-state index in [0.717, 1.165) is 0 Å². The molecule has 1 fully saturated rings. The molecule has 5 N–H and O–H groups in total. The highest BCUT2D eigenvalue weighted by molar-refractivity contribution is 6.09. The first kappa shape index (κ1) is 16.0. The Kier molecular flexibility index (Phi) is 4.45. The molecule has 2 heterocycles. The molecule has 0 spiro atoms. The first-order valence-corrected chi connectivity index (χ1v) is 7.45. The van der Waals surface area contributed by atoms with E-state index in [0.29, 0.717) is 37.8 Å². The fraction of sp³-hybridized carbons (Fsp3) is 0.267. The second-order valence-electron chi connectivity index (χ2n) is 5.23. The first-order valence-electron chi connectivity index (χ1n) is 7.45. The van der Waals surface area contributed by atoms with Crippen molar-refractivity contribution in [3.63, 3.8) is 0 Å². The summed E-state index contributed by atoms with van der Waals surface area (Å²) in [6, 6.07) is 9.20. The van der Waals surface area contributed by atoms with Crippen LogP contribution in [0.15, 0.2) is 30.3 Å². The van der Waals surface area contributed by atoms with Crippen LogP contribution in [0.4, 0.5) is 5.82 Å². The Morgan fingerprint density at radius 1 is 1.17 bits per heavy atom. The number of aromatic nitrogens is 2. The molecule has 9 heteroatoms. The van der Waals surface area contributed by atoms with Gasteiger partial charge in [0, 0.05) is 13.1 Å². The van der Waals surface area contributed by atoms with Crippen LogP contribution in [0.1, 0.15) is 20.8 Å². The Morgan fingerprint density at radius 3 is 2.42 bits per heavy atom. The molecule has 24 heavy (non-hydrogen) atoms. The van der Waals surface area contributed by atoms with Crippen LogP contribution in [0.5, 0.6) is 0 Å². The number of morpholine rings is 1. The number of hydrogen-bond acceptors (Lipinski definition) is 6. The zero-order chi connectivity index (χ0) is 17.1. The molecule has 0 saturated carbocycles. The van der Waals surface area contributed by atoms with Crippen LogP contribution in [0, 0.1) is 0 Å². The average Bonchev–Trinajstić information content (AvgIpc) is 3.03. The summed E-state index contributed by atoms with van der Waals surface area (Å²) < 4.78 is 6.89. The van der Waals surface area contributed by atoms with Crippen LogP contribution >= 0.6 is 0 Å². The van der Waals surface area contributed by atoms with E-state index in [9.17, 15) is 9.59 Å². The van der Waals surface area contributed by atoms with E-state index in [-0.39, 0.29) is 11.3 Å². The second kappa shape index (κ2) is 6.69. The van der Waals surface area contributed by atoms with Crippen molar-refractivity contribution in [3.05, 3.63) is 41.6 Å². The van der Waals surface area contributed by atoms with Crippen LogP contribution in [0.25, 0.3) is 5.69 Å². The number of amides is 2. The third kappa shape index (κ3) is 2.82. The largest absolute Gasteiger partial charge is 0.378 e. The van der Waals surface area contributed by atoms with Gasteiger partial charge in [0.25, 0.3) is 11.8 Å². The summed E-state index contributed by atoms with van der Waals surface area (Å²) in [6.07, 6.45) is 0. The standard InChI is InChI=1S/C15H18N6O3/c16-13(22)11-12(14(23)18-17)19-21(10-4-2-1-3-5-10)15(11)20-6-8-24-9-7-20/h1-5H,6-9,17H2,(H2,16,22)(H,18,23). The Balaban J connectivity index is 2.23. The quantitative estimate of drug-likeness (QED) is 0.390. The maximum atomic E-state index is 12.1. The van der Waals surface area contributed by atoms with Crippen molar-refractivity contribution in [2.75, 3.05) is 31.2 Å². The normalized spacial score (nSPS) is 14.5. The lowest BCUT2D eigenvalue weighted by Crippen LogP contribution is -2.39. The van der Waals surface area contributed by atoms with Gasteiger partial charge in [-0.1, -0.05) is 18.2 Å². The number of carbonyl (C=O) groups excluding carboxylic acids is 2. The van der Waals surface area contributed by atoms with E-state index in [4.69, 9.17) is 16.3 Å². The van der Waals surface area contributed by atoms with Gasteiger partial charge in [0.1, 0.15) is 11.4 Å². The summed E-state index contributed by atoms with van der Waals surface area (Å²) in [6.45, 7) is 2.14. The van der Waals surface area contributed by atoms with Gasteiger partial charge < -0.3 is 15.4 Å². The van der Waals surface area contributed by atoms with Crippen LogP contribution in [0.2, 0.25) is 0 Å². The van der Waals surface area contributed by atoms with Gasteiger partial charge in [-0.05, 0) is 12.1 Å². The van der Waals surface area contributed by atoms with Crippen molar-refractivity contribution in [1.82, 2.24) is 15.2 Å². The molecule has 3 rings (SSSR count). The van der Waals surface area contributed by atoms with E-state index in [2.05, 4.69) is 5.10 Å². The Labute approximate surface area is 138 Å². The number of para-hydroxylation sites is 1. The molecule has 2 amide bonds. The van der Waals surface area contributed by atoms with E-state index in [1.807, 2.05) is 40.7 Å². The lowest BCUT2D eigenvalue weighted by Gasteiger charge is -2.29. The van der Waals surface area contributed by atoms with Gasteiger partial charge >= 0.3 is 0 Å². The molecule has 0 bridgehead atoms. The SMILES string of the molecule is NNC(=O)c1nn(-c2ccccc2)c(N2CCOCC2)c1C(N)=O. The minimum Gasteiger partial charge on any atom is -0.378 e. The van der Waals surface area contributed by atoms with Gasteiger partial charge in [-0.15, -0.1) is 0 Å². The monoisotopic (exact) mass is 330 g/mol. The number of nitrogens with two attached hydrogens (primary N) is 2. The van der Waals surface area contributed by atoms with Crippen molar-refractivity contribution >= 4 is 17.6 Å². The van der Waals surface area contributed by atoms with Crippen molar-refractivity contribution < 1.29 is 14.3 Å². The van der Waals surface area contributed by atoms with Gasteiger partial charge in [-0.25, -0.2) is 10.5 Å². The average molecular weight is 330 g/mol. The van der Waals surface area contributed by atoms with Gasteiger partial charge in [0.2, 0.25) is 0 Å². The molecule has 0 aliphatic carbocycles. The van der Waals surface area contributed by atoms with E-state index >= 15 is 0 Å². The van der Waals surface area contributed by atoms with Crippen LogP contribution in [-0.4, -0.2) is 47.9 Å². The Hall–Kier alpha value is -2.91. The zero-order valence-corrected chi connectivity index (χ0v) is 12.9. The highest BCUT2D eigenvalue weighted by atomic mass is 16.5. The number of rotatable bonds is 4. The summed E-state index contributed by atoms with van der Waals surface area (Å²) in [5.41, 5.74) is 8.19. The number of nitrogens with one attached hydrogen (secondary N) is 1. The van der Waals surface area contributed by atoms with Crippen molar-refractivity contribution in [1.29, 1.82) is 0 Å². The third-order valence-corrected chi connectivity index (χ3v) is 3.76. The summed E-state index contributed by atoms with van der Waals surface area (Å²) in [4.78, 5) is 26.0. The molecular weight excluding hydrogens is 312 g/mol. The number of ether oxygens (including phenoxy) is 1. The molecule has 1 aliphatic heterocycles. The summed E-state index contributed by atoms with van der Waals surface area (Å²) in [5.74, 6) is 4.27. The molecule has 126 valence electrons. The molecular formula is C15H18N6O3. The minimum atomic E-state index is -0.739. The number of hydrazine groups is 1. The fourth-order valence-corrected chi connectivity index (χ4v) is 2.68. The number of primary amides is 1. The van der Waals surface area contributed by atoms with E-state index < -0.39 is 11.8 Å². The molecule has 1 aliphatic rings. The molecule has 0 unspecified atom stereocenters. The Morgan fingerprint density at radius 2 is 1.83 bits per heavy atom. The van der Waals surface area contributed by atoms with E-state index in [1.165, 1.54) is 4.68 Å². The molecule has 9 nitrogen and oxygen atoms in total. The zero-order valence-electron chi connectivity index (χ0n) is 12.9. The highest BCUT2D eigenvalue weighted by Gasteiger charge is 2.30. The van der Waals surface area contributed by atoms with Crippen molar-refractivity contribution in [2.24, 2.45) is 11.6 Å². The topological polar surface area (TPSA) is 128 Å². The van der Waals surface area contributed by atoms with Crippen molar-refractivity contribution in [3.8, 4) is 5.69 Å².